The van der Waals surface area contributed by atoms with E-state index >= 15 is 8.78 Å². The Kier molecular flexibility index (Phi) is 7.11. The summed E-state index contributed by atoms with van der Waals surface area (Å²) >= 11 is 0. The molecule has 41 heavy (non-hydrogen) atoms. The van der Waals surface area contributed by atoms with Gasteiger partial charge in [0.05, 0.1) is 37.1 Å². The molecule has 3 heterocycles. The van der Waals surface area contributed by atoms with E-state index in [-0.39, 0.29) is 39.7 Å². The van der Waals surface area contributed by atoms with E-state index in [4.69, 9.17) is 4.74 Å². The first kappa shape index (κ1) is 27.3. The van der Waals surface area contributed by atoms with Gasteiger partial charge >= 0.3 is 0 Å². The lowest BCUT2D eigenvalue weighted by molar-refractivity contribution is 0.0428. The van der Waals surface area contributed by atoms with E-state index in [1.165, 1.54) is 83.7 Å². The van der Waals surface area contributed by atoms with E-state index in [1.807, 2.05) is 13.0 Å². The molecule has 0 fully saturated rings. The minimum Gasteiger partial charge on any atom is -0.495 e. The van der Waals surface area contributed by atoms with Crippen molar-refractivity contribution >= 4 is 29.0 Å². The maximum Gasteiger partial charge on any atom is 0.298 e. The minimum absolute atomic E-state index is 0.149. The van der Waals surface area contributed by atoms with Crippen LogP contribution >= 0.6 is 0 Å². The molecular weight excluding hydrogens is 532 g/mol. The van der Waals surface area contributed by atoms with E-state index < -0.39 is 17.7 Å². The molecule has 2 aromatic heterocycles. The average molecular weight is 558 g/mol. The Morgan fingerprint density at radius 3 is 2.59 bits per heavy atom. The minimum atomic E-state index is -3.28. The van der Waals surface area contributed by atoms with Crippen LogP contribution in [0.25, 0.3) is 0 Å². The van der Waals surface area contributed by atoms with E-state index in [0.29, 0.717) is 23.8 Å². The van der Waals surface area contributed by atoms with Crippen LogP contribution in [-0.2, 0) is 12.5 Å². The summed E-state index contributed by atoms with van der Waals surface area (Å²) < 4.78 is 37.2. The number of carbonyl (C=O) groups is 2. The summed E-state index contributed by atoms with van der Waals surface area (Å²) in [6.45, 7) is 2.14. The molecule has 2 amide bonds. The number of hydrogen-bond donors (Lipinski definition) is 2. The SMILES string of the molecule is CNc1cc(C(F)(F)c2ccc(N3C(=O)c4c(NC(=O)c5ccc(OC)c(C#N)c5)cnn4C[C@@H]3C)cc2)ccn1. The average Bonchev–Trinajstić information content (AvgIpc) is 3.39. The van der Waals surface area contributed by atoms with Crippen LogP contribution < -0.4 is 20.3 Å². The van der Waals surface area contributed by atoms with E-state index in [9.17, 15) is 14.9 Å². The van der Waals surface area contributed by atoms with Crippen molar-refractivity contribution in [2.24, 2.45) is 0 Å². The third-order valence-electron chi connectivity index (χ3n) is 6.86. The number of nitriles is 1. The second-order valence-electron chi connectivity index (χ2n) is 9.40. The standard InChI is InChI=1S/C29H25F2N7O3/c1-17-16-37-26(23(15-35-37)36-27(39)18-4-9-24(41-3)19(12-18)14-32)28(40)38(17)22-7-5-20(6-8-22)29(30,31)21-10-11-34-25(13-21)33-2/h4-13,15,17H,16H2,1-3H3,(H,33,34)(H,36,39)/t17-/m0/s1. The summed E-state index contributed by atoms with van der Waals surface area (Å²) in [6, 6.07) is 14.1. The van der Waals surface area contributed by atoms with Gasteiger partial charge in [0, 0.05) is 35.6 Å². The number of ether oxygens (including phenoxy) is 1. The fourth-order valence-corrected chi connectivity index (χ4v) is 4.75. The van der Waals surface area contributed by atoms with Crippen molar-refractivity contribution in [1.82, 2.24) is 14.8 Å². The molecule has 0 saturated heterocycles. The van der Waals surface area contributed by atoms with Gasteiger partial charge in [-0.2, -0.15) is 19.1 Å². The second kappa shape index (κ2) is 10.7. The maximum atomic E-state index is 15.3. The van der Waals surface area contributed by atoms with Gasteiger partial charge in [-0.15, -0.1) is 0 Å². The number of hydrogen-bond acceptors (Lipinski definition) is 7. The van der Waals surface area contributed by atoms with E-state index in [2.05, 4.69) is 20.7 Å². The van der Waals surface area contributed by atoms with Crippen LogP contribution in [0.1, 0.15) is 44.5 Å². The largest absolute Gasteiger partial charge is 0.495 e. The van der Waals surface area contributed by atoms with Gasteiger partial charge in [-0.1, -0.05) is 12.1 Å². The van der Waals surface area contributed by atoms with Gasteiger partial charge in [0.2, 0.25) is 0 Å². The van der Waals surface area contributed by atoms with Crippen LogP contribution in [0, 0.1) is 11.3 Å². The summed E-state index contributed by atoms with van der Waals surface area (Å²) in [4.78, 5) is 32.1. The smallest absolute Gasteiger partial charge is 0.298 e. The topological polar surface area (TPSA) is 125 Å². The Hall–Kier alpha value is -5.31. The number of benzene rings is 2. The number of amides is 2. The Balaban J connectivity index is 1.40. The van der Waals surface area contributed by atoms with Gasteiger partial charge in [0.15, 0.2) is 0 Å². The quantitative estimate of drug-likeness (QED) is 0.339. The number of nitrogens with zero attached hydrogens (tertiary/aromatic N) is 5. The monoisotopic (exact) mass is 557 g/mol. The number of methoxy groups -OCH3 is 1. The predicted molar refractivity (Wildman–Crippen MR) is 147 cm³/mol. The molecule has 2 aromatic carbocycles. The fraction of sp³-hybridized carbons (Fsp3) is 0.207. The number of halogens is 2. The Morgan fingerprint density at radius 1 is 1.15 bits per heavy atom. The highest BCUT2D eigenvalue weighted by atomic mass is 19.3. The predicted octanol–water partition coefficient (Wildman–Crippen LogP) is 4.64. The van der Waals surface area contributed by atoms with Crippen LogP contribution in [0.3, 0.4) is 0 Å². The molecule has 2 N–H and O–H groups in total. The van der Waals surface area contributed by atoms with E-state index in [0.717, 1.165) is 0 Å². The van der Waals surface area contributed by atoms with Crippen molar-refractivity contribution in [3.05, 3.63) is 94.9 Å². The molecule has 208 valence electrons. The molecule has 12 heteroatoms. The fourth-order valence-electron chi connectivity index (χ4n) is 4.75. The highest BCUT2D eigenvalue weighted by Gasteiger charge is 2.37. The zero-order chi connectivity index (χ0) is 29.3. The second-order valence-corrected chi connectivity index (χ2v) is 9.40. The number of pyridine rings is 1. The Labute approximate surface area is 234 Å². The van der Waals surface area contributed by atoms with Gasteiger partial charge in [0.1, 0.15) is 23.3 Å². The molecule has 0 aliphatic carbocycles. The van der Waals surface area contributed by atoms with Crippen molar-refractivity contribution in [3.8, 4) is 11.8 Å². The van der Waals surface area contributed by atoms with Crippen molar-refractivity contribution in [1.29, 1.82) is 5.26 Å². The highest BCUT2D eigenvalue weighted by molar-refractivity contribution is 6.13. The van der Waals surface area contributed by atoms with Gasteiger partial charge in [-0.3, -0.25) is 14.3 Å². The van der Waals surface area contributed by atoms with Crippen molar-refractivity contribution < 1.29 is 23.1 Å². The maximum absolute atomic E-state index is 15.3. The summed E-state index contributed by atoms with van der Waals surface area (Å²) in [5, 5.41) is 19.1. The summed E-state index contributed by atoms with van der Waals surface area (Å²) in [5.74, 6) is -3.62. The molecular formula is C29H25F2N7O3. The Morgan fingerprint density at radius 2 is 1.90 bits per heavy atom. The summed E-state index contributed by atoms with van der Waals surface area (Å²) in [5.41, 5.74) is 0.697. The zero-order valence-corrected chi connectivity index (χ0v) is 22.4. The van der Waals surface area contributed by atoms with Crippen molar-refractivity contribution in [3.63, 3.8) is 0 Å². The molecule has 1 aliphatic heterocycles. The number of anilines is 3. The molecule has 0 saturated carbocycles. The van der Waals surface area contributed by atoms with Gasteiger partial charge < -0.3 is 20.3 Å². The molecule has 4 aromatic rings. The van der Waals surface area contributed by atoms with Crippen LogP contribution in [0.15, 0.2) is 67.0 Å². The molecule has 1 aliphatic rings. The number of fused-ring (bicyclic) bond motifs is 1. The number of alkyl halides is 2. The first-order valence-electron chi connectivity index (χ1n) is 12.6. The van der Waals surface area contributed by atoms with Crippen LogP contribution in [0.2, 0.25) is 0 Å². The van der Waals surface area contributed by atoms with Gasteiger partial charge in [0.25, 0.3) is 17.7 Å². The zero-order valence-electron chi connectivity index (χ0n) is 22.4. The first-order valence-corrected chi connectivity index (χ1v) is 12.6. The lowest BCUT2D eigenvalue weighted by Crippen LogP contribution is -2.47. The van der Waals surface area contributed by atoms with Crippen LogP contribution in [-0.4, -0.2) is 46.8 Å². The molecule has 0 unspecified atom stereocenters. The van der Waals surface area contributed by atoms with E-state index in [1.54, 1.807) is 7.05 Å². The normalized spacial score (nSPS) is 14.7. The van der Waals surface area contributed by atoms with Gasteiger partial charge in [-0.25, -0.2) is 4.98 Å². The first-order chi connectivity index (χ1) is 19.7. The molecule has 0 radical (unpaired) electrons. The lowest BCUT2D eigenvalue weighted by atomic mass is 10.00. The summed E-state index contributed by atoms with van der Waals surface area (Å²) in [7, 11) is 3.02. The van der Waals surface area contributed by atoms with Crippen LogP contribution in [0.5, 0.6) is 5.75 Å². The van der Waals surface area contributed by atoms with Crippen LogP contribution in [0.4, 0.5) is 26.0 Å². The number of rotatable bonds is 7. The molecule has 0 spiro atoms. The van der Waals surface area contributed by atoms with Crippen molar-refractivity contribution in [2.75, 3.05) is 29.7 Å². The number of aromatic nitrogens is 3. The molecule has 0 bridgehead atoms. The Bertz CT molecular complexity index is 1680. The van der Waals surface area contributed by atoms with Gasteiger partial charge in [-0.05, 0) is 49.4 Å². The summed E-state index contributed by atoms with van der Waals surface area (Å²) in [6.07, 6.45) is 2.70. The lowest BCUT2D eigenvalue weighted by Gasteiger charge is -2.34. The molecule has 5 rings (SSSR count). The number of nitrogens with one attached hydrogen (secondary N) is 2. The van der Waals surface area contributed by atoms with Crippen molar-refractivity contribution in [2.45, 2.75) is 25.4 Å². The molecule has 1 atom stereocenters. The third-order valence-corrected chi connectivity index (χ3v) is 6.86. The third kappa shape index (κ3) is 4.93. The molecule has 10 nitrogen and oxygen atoms in total. The number of carbonyl (C=O) groups excluding carboxylic acids is 2. The highest BCUT2D eigenvalue weighted by Crippen LogP contribution is 2.38.